The fourth-order valence-corrected chi connectivity index (χ4v) is 1.80. The molecule has 14 heavy (non-hydrogen) atoms. The van der Waals surface area contributed by atoms with Gasteiger partial charge < -0.3 is 14.8 Å². The van der Waals surface area contributed by atoms with E-state index in [-0.39, 0.29) is 11.9 Å². The summed E-state index contributed by atoms with van der Waals surface area (Å²) in [6.07, 6.45) is 0.474. The number of hydrogen-bond donors (Lipinski definition) is 1. The number of hydrogen-bond acceptors (Lipinski definition) is 3. The van der Waals surface area contributed by atoms with Crippen LogP contribution in [-0.4, -0.2) is 43.2 Å². The van der Waals surface area contributed by atoms with Crippen molar-refractivity contribution in [1.29, 1.82) is 0 Å². The number of carbonyl (C=O) groups is 1. The van der Waals surface area contributed by atoms with Crippen molar-refractivity contribution in [2.75, 3.05) is 25.2 Å². The third-order valence-corrected chi connectivity index (χ3v) is 2.92. The lowest BCUT2D eigenvalue weighted by molar-refractivity contribution is -0.148. The molecular formula is C9H16BrNO3. The summed E-state index contributed by atoms with van der Waals surface area (Å²) in [5, 5.41) is 3.66. The first-order valence-electron chi connectivity index (χ1n) is 4.83. The Morgan fingerprint density at radius 3 is 2.93 bits per heavy atom. The van der Waals surface area contributed by atoms with Gasteiger partial charge in [-0.05, 0) is 6.42 Å². The standard InChI is InChI=1S/C9H16BrNO3/c1-2-7(5-10)11-9(12)8-6-13-3-4-14-8/h7-8H,2-6H2,1H3,(H,11,12). The fourth-order valence-electron chi connectivity index (χ4n) is 1.18. The van der Waals surface area contributed by atoms with Crippen molar-refractivity contribution >= 4 is 21.8 Å². The summed E-state index contributed by atoms with van der Waals surface area (Å²) in [4.78, 5) is 11.6. The van der Waals surface area contributed by atoms with E-state index in [0.29, 0.717) is 19.8 Å². The van der Waals surface area contributed by atoms with Crippen molar-refractivity contribution in [3.05, 3.63) is 0 Å². The molecule has 1 amide bonds. The summed E-state index contributed by atoms with van der Waals surface area (Å²) >= 11 is 3.34. The smallest absolute Gasteiger partial charge is 0.251 e. The average molecular weight is 266 g/mol. The van der Waals surface area contributed by atoms with Gasteiger partial charge in [0.05, 0.1) is 19.8 Å². The van der Waals surface area contributed by atoms with Gasteiger partial charge >= 0.3 is 0 Å². The van der Waals surface area contributed by atoms with Crippen LogP contribution in [0.15, 0.2) is 0 Å². The van der Waals surface area contributed by atoms with Crippen LogP contribution in [0.4, 0.5) is 0 Å². The Kier molecular flexibility index (Phi) is 5.44. The number of halogens is 1. The van der Waals surface area contributed by atoms with E-state index in [1.165, 1.54) is 0 Å². The van der Waals surface area contributed by atoms with E-state index in [4.69, 9.17) is 9.47 Å². The highest BCUT2D eigenvalue weighted by Crippen LogP contribution is 2.03. The van der Waals surface area contributed by atoms with E-state index in [2.05, 4.69) is 21.2 Å². The number of ether oxygens (including phenoxy) is 2. The molecule has 0 aliphatic carbocycles. The zero-order valence-corrected chi connectivity index (χ0v) is 9.88. The molecule has 0 radical (unpaired) electrons. The Morgan fingerprint density at radius 2 is 2.43 bits per heavy atom. The van der Waals surface area contributed by atoms with E-state index >= 15 is 0 Å². The van der Waals surface area contributed by atoms with Gasteiger partial charge in [0.25, 0.3) is 5.91 Å². The molecule has 1 saturated heterocycles. The summed E-state index contributed by atoms with van der Waals surface area (Å²) in [5.41, 5.74) is 0. The van der Waals surface area contributed by atoms with Gasteiger partial charge in [-0.2, -0.15) is 0 Å². The molecule has 1 N–H and O–H groups in total. The van der Waals surface area contributed by atoms with Crippen LogP contribution in [0, 0.1) is 0 Å². The molecular weight excluding hydrogens is 250 g/mol. The first-order valence-corrected chi connectivity index (χ1v) is 5.95. The van der Waals surface area contributed by atoms with Gasteiger partial charge in [-0.1, -0.05) is 22.9 Å². The lowest BCUT2D eigenvalue weighted by atomic mass is 10.2. The van der Waals surface area contributed by atoms with Crippen LogP contribution < -0.4 is 5.32 Å². The van der Waals surface area contributed by atoms with Crippen molar-refractivity contribution in [3.63, 3.8) is 0 Å². The molecule has 1 aliphatic rings. The summed E-state index contributed by atoms with van der Waals surface area (Å²) in [6.45, 7) is 3.48. The van der Waals surface area contributed by atoms with Gasteiger partial charge in [0.1, 0.15) is 0 Å². The van der Waals surface area contributed by atoms with Crippen molar-refractivity contribution in [2.24, 2.45) is 0 Å². The minimum absolute atomic E-state index is 0.0731. The molecule has 2 atom stereocenters. The second kappa shape index (κ2) is 6.37. The largest absolute Gasteiger partial charge is 0.376 e. The highest BCUT2D eigenvalue weighted by Gasteiger charge is 2.23. The van der Waals surface area contributed by atoms with Gasteiger partial charge in [0, 0.05) is 11.4 Å². The van der Waals surface area contributed by atoms with Crippen molar-refractivity contribution in [3.8, 4) is 0 Å². The van der Waals surface area contributed by atoms with Crippen LogP contribution in [0.1, 0.15) is 13.3 Å². The van der Waals surface area contributed by atoms with Crippen LogP contribution in [0.25, 0.3) is 0 Å². The van der Waals surface area contributed by atoms with Gasteiger partial charge in [0.15, 0.2) is 6.10 Å². The minimum Gasteiger partial charge on any atom is -0.376 e. The third-order valence-electron chi connectivity index (χ3n) is 2.13. The molecule has 0 spiro atoms. The van der Waals surface area contributed by atoms with Gasteiger partial charge in [-0.15, -0.1) is 0 Å². The van der Waals surface area contributed by atoms with E-state index in [9.17, 15) is 4.79 Å². The molecule has 2 unspecified atom stereocenters. The SMILES string of the molecule is CCC(CBr)NC(=O)C1COCCO1. The lowest BCUT2D eigenvalue weighted by Gasteiger charge is -2.24. The monoisotopic (exact) mass is 265 g/mol. The van der Waals surface area contributed by atoms with E-state index < -0.39 is 6.10 Å². The Labute approximate surface area is 92.5 Å². The highest BCUT2D eigenvalue weighted by molar-refractivity contribution is 9.09. The molecule has 0 aromatic heterocycles. The first-order chi connectivity index (χ1) is 6.77. The fraction of sp³-hybridized carbons (Fsp3) is 0.889. The predicted octanol–water partition coefficient (Wildman–Crippen LogP) is 0.692. The maximum Gasteiger partial charge on any atom is 0.251 e. The zero-order chi connectivity index (χ0) is 10.4. The summed E-state index contributed by atoms with van der Waals surface area (Å²) in [7, 11) is 0. The van der Waals surface area contributed by atoms with Crippen molar-refractivity contribution < 1.29 is 14.3 Å². The molecule has 82 valence electrons. The molecule has 1 rings (SSSR count). The summed E-state index contributed by atoms with van der Waals surface area (Å²) in [6, 6.07) is 0.174. The molecule has 4 nitrogen and oxygen atoms in total. The molecule has 0 aromatic carbocycles. The van der Waals surface area contributed by atoms with Crippen molar-refractivity contribution in [1.82, 2.24) is 5.32 Å². The molecule has 5 heteroatoms. The third kappa shape index (κ3) is 3.55. The Bertz CT molecular complexity index is 179. The van der Waals surface area contributed by atoms with Crippen LogP contribution in [-0.2, 0) is 14.3 Å². The molecule has 1 heterocycles. The van der Waals surface area contributed by atoms with Crippen LogP contribution in [0.3, 0.4) is 0 Å². The van der Waals surface area contributed by atoms with Gasteiger partial charge in [-0.3, -0.25) is 4.79 Å². The molecule has 1 aliphatic heterocycles. The number of carbonyl (C=O) groups excluding carboxylic acids is 1. The second-order valence-electron chi connectivity index (χ2n) is 3.20. The minimum atomic E-state index is -0.433. The van der Waals surface area contributed by atoms with Crippen LogP contribution in [0.2, 0.25) is 0 Å². The van der Waals surface area contributed by atoms with E-state index in [1.54, 1.807) is 0 Å². The van der Waals surface area contributed by atoms with Crippen molar-refractivity contribution in [2.45, 2.75) is 25.5 Å². The molecule has 0 bridgehead atoms. The van der Waals surface area contributed by atoms with Crippen LogP contribution in [0.5, 0.6) is 0 Å². The average Bonchev–Trinajstić information content (AvgIpc) is 2.26. The second-order valence-corrected chi connectivity index (χ2v) is 3.85. The predicted molar refractivity (Wildman–Crippen MR) is 56.6 cm³/mol. The van der Waals surface area contributed by atoms with Gasteiger partial charge in [-0.25, -0.2) is 0 Å². The Hall–Kier alpha value is -0.130. The quantitative estimate of drug-likeness (QED) is 0.762. The number of amides is 1. The Balaban J connectivity index is 2.32. The van der Waals surface area contributed by atoms with E-state index in [0.717, 1.165) is 11.8 Å². The maximum atomic E-state index is 11.6. The number of rotatable bonds is 4. The molecule has 1 fully saturated rings. The normalized spacial score (nSPS) is 24.3. The number of alkyl halides is 1. The summed E-state index contributed by atoms with van der Waals surface area (Å²) < 4.78 is 10.4. The number of nitrogens with one attached hydrogen (secondary N) is 1. The first kappa shape index (κ1) is 11.9. The van der Waals surface area contributed by atoms with E-state index in [1.807, 2.05) is 6.92 Å². The lowest BCUT2D eigenvalue weighted by Crippen LogP contribution is -2.47. The van der Waals surface area contributed by atoms with Gasteiger partial charge in [0.2, 0.25) is 0 Å². The molecule has 0 saturated carbocycles. The topological polar surface area (TPSA) is 47.6 Å². The summed E-state index contributed by atoms with van der Waals surface area (Å²) in [5.74, 6) is -0.0731. The molecule has 0 aromatic rings. The highest BCUT2D eigenvalue weighted by atomic mass is 79.9. The Morgan fingerprint density at radius 1 is 1.64 bits per heavy atom. The van der Waals surface area contributed by atoms with Crippen LogP contribution >= 0.6 is 15.9 Å². The zero-order valence-electron chi connectivity index (χ0n) is 8.29. The maximum absolute atomic E-state index is 11.6.